The highest BCUT2D eigenvalue weighted by atomic mass is 19.4. The minimum atomic E-state index is -4.58. The Morgan fingerprint density at radius 3 is 2.53 bits per heavy atom. The van der Waals surface area contributed by atoms with Gasteiger partial charge in [-0.25, -0.2) is 9.78 Å². The van der Waals surface area contributed by atoms with Crippen molar-refractivity contribution in [2.75, 3.05) is 45.7 Å². The Labute approximate surface area is 247 Å². The summed E-state index contributed by atoms with van der Waals surface area (Å²) in [6.45, 7) is 5.06. The molecule has 0 aliphatic carbocycles. The number of halogens is 3. The fourth-order valence-corrected chi connectivity index (χ4v) is 5.00. The largest absolute Gasteiger partial charge is 0.464 e. The number of nitrogens with zero attached hydrogens (tertiary/aromatic N) is 3. The molecule has 0 atom stereocenters. The summed E-state index contributed by atoms with van der Waals surface area (Å²) >= 11 is 0. The van der Waals surface area contributed by atoms with Gasteiger partial charge in [0.2, 0.25) is 0 Å². The number of piperazine rings is 1. The average Bonchev–Trinajstić information content (AvgIpc) is 3.41. The Kier molecular flexibility index (Phi) is 8.65. The van der Waals surface area contributed by atoms with Crippen molar-refractivity contribution < 1.29 is 27.5 Å². The molecule has 5 rings (SSSR count). The van der Waals surface area contributed by atoms with Gasteiger partial charge in [0.25, 0.3) is 5.91 Å². The molecule has 0 bridgehead atoms. The average molecular weight is 592 g/mol. The van der Waals surface area contributed by atoms with Crippen molar-refractivity contribution in [3.63, 3.8) is 0 Å². The summed E-state index contributed by atoms with van der Waals surface area (Å²) in [5, 5.41) is 3.48. The number of alkyl halides is 3. The first-order chi connectivity index (χ1) is 20.5. The number of hydrogen-bond donors (Lipinski definition) is 2. The molecule has 1 aliphatic heterocycles. The van der Waals surface area contributed by atoms with Gasteiger partial charge < -0.3 is 19.9 Å². The third-order valence-electron chi connectivity index (χ3n) is 7.56. The van der Waals surface area contributed by atoms with Gasteiger partial charge in [0.05, 0.1) is 12.7 Å². The summed E-state index contributed by atoms with van der Waals surface area (Å²) in [4.78, 5) is 36.2. The van der Waals surface area contributed by atoms with E-state index in [1.807, 2.05) is 43.2 Å². The van der Waals surface area contributed by atoms with Crippen LogP contribution >= 0.6 is 0 Å². The van der Waals surface area contributed by atoms with Crippen molar-refractivity contribution >= 4 is 40.7 Å². The fourth-order valence-electron chi connectivity index (χ4n) is 5.00. The smallest absolute Gasteiger partial charge is 0.416 e. The number of anilines is 1. The van der Waals surface area contributed by atoms with Gasteiger partial charge in [-0.05, 0) is 72.6 Å². The SMILES string of the molecule is COC(=O)c1cc2cc(/C=C/c3cc(NC(=O)c4ccc(CN5CCN(C)CC5)c(C(F)(F)F)c4)ccc3C)cnc2[nH]1. The predicted octanol–water partition coefficient (Wildman–Crippen LogP) is 5.85. The van der Waals surface area contributed by atoms with Gasteiger partial charge in [-0.2, -0.15) is 13.2 Å². The number of aromatic nitrogens is 2. The van der Waals surface area contributed by atoms with Gasteiger partial charge in [-0.15, -0.1) is 0 Å². The number of likely N-dealkylation sites (N-methyl/N-ethyl adjacent to an activating group) is 1. The monoisotopic (exact) mass is 591 g/mol. The number of amides is 1. The third kappa shape index (κ3) is 7.12. The Morgan fingerprint density at radius 2 is 1.81 bits per heavy atom. The zero-order valence-electron chi connectivity index (χ0n) is 24.1. The highest BCUT2D eigenvalue weighted by Gasteiger charge is 2.34. The van der Waals surface area contributed by atoms with E-state index in [0.717, 1.165) is 41.2 Å². The summed E-state index contributed by atoms with van der Waals surface area (Å²) in [7, 11) is 3.30. The van der Waals surface area contributed by atoms with Gasteiger partial charge >= 0.3 is 12.1 Å². The second-order valence-electron chi connectivity index (χ2n) is 10.7. The fraction of sp³-hybridized carbons (Fsp3) is 0.281. The van der Waals surface area contributed by atoms with Crippen LogP contribution < -0.4 is 5.32 Å². The third-order valence-corrected chi connectivity index (χ3v) is 7.56. The van der Waals surface area contributed by atoms with Crippen molar-refractivity contribution in [1.82, 2.24) is 19.8 Å². The molecule has 3 heterocycles. The molecule has 11 heteroatoms. The number of aryl methyl sites for hydroxylation is 1. The molecule has 1 saturated heterocycles. The number of esters is 1. The zero-order valence-corrected chi connectivity index (χ0v) is 24.1. The van der Waals surface area contributed by atoms with Gasteiger partial charge in [0.15, 0.2) is 0 Å². The highest BCUT2D eigenvalue weighted by molar-refractivity contribution is 6.04. The minimum Gasteiger partial charge on any atom is -0.464 e. The predicted molar refractivity (Wildman–Crippen MR) is 160 cm³/mol. The molecule has 0 saturated carbocycles. The molecule has 0 radical (unpaired) electrons. The highest BCUT2D eigenvalue weighted by Crippen LogP contribution is 2.34. The summed E-state index contributed by atoms with van der Waals surface area (Å²) < 4.78 is 46.8. The number of fused-ring (bicyclic) bond motifs is 1. The molecule has 224 valence electrons. The van der Waals surface area contributed by atoms with Crippen LogP contribution in [0.4, 0.5) is 18.9 Å². The maximum absolute atomic E-state index is 14.0. The summed E-state index contributed by atoms with van der Waals surface area (Å²) in [6.07, 6.45) is 0.776. The van der Waals surface area contributed by atoms with Crippen LogP contribution in [0.5, 0.6) is 0 Å². The Morgan fingerprint density at radius 1 is 1.05 bits per heavy atom. The number of nitrogens with one attached hydrogen (secondary N) is 2. The van der Waals surface area contributed by atoms with E-state index in [-0.39, 0.29) is 17.7 Å². The number of carbonyl (C=O) groups excluding carboxylic acids is 2. The minimum absolute atomic E-state index is 0.0654. The molecular weight excluding hydrogens is 559 g/mol. The summed E-state index contributed by atoms with van der Waals surface area (Å²) in [5.74, 6) is -1.11. The number of carbonyl (C=O) groups is 2. The number of H-pyrrole nitrogens is 1. The number of hydrogen-bond acceptors (Lipinski definition) is 6. The van der Waals surface area contributed by atoms with Crippen LogP contribution in [0.3, 0.4) is 0 Å². The number of pyridine rings is 1. The first kappa shape index (κ1) is 30.0. The lowest BCUT2D eigenvalue weighted by atomic mass is 10.0. The molecule has 4 aromatic rings. The van der Waals surface area contributed by atoms with E-state index >= 15 is 0 Å². The topological polar surface area (TPSA) is 90.6 Å². The maximum atomic E-state index is 14.0. The lowest BCUT2D eigenvalue weighted by molar-refractivity contribution is -0.138. The van der Waals surface area contributed by atoms with Gasteiger partial charge in [-0.1, -0.05) is 24.3 Å². The van der Waals surface area contributed by atoms with E-state index in [1.165, 1.54) is 19.2 Å². The van der Waals surface area contributed by atoms with Gasteiger partial charge in [0.1, 0.15) is 11.3 Å². The number of benzene rings is 2. The summed E-state index contributed by atoms with van der Waals surface area (Å²) in [6, 6.07) is 12.6. The van der Waals surface area contributed by atoms with E-state index in [0.29, 0.717) is 30.1 Å². The van der Waals surface area contributed by atoms with Crippen LogP contribution in [-0.4, -0.2) is 72.0 Å². The Bertz CT molecular complexity index is 1690. The lowest BCUT2D eigenvalue weighted by Gasteiger charge is -2.33. The van der Waals surface area contributed by atoms with Crippen LogP contribution in [0.2, 0.25) is 0 Å². The zero-order chi connectivity index (χ0) is 30.7. The van der Waals surface area contributed by atoms with Crippen molar-refractivity contribution in [3.05, 3.63) is 93.8 Å². The molecule has 0 unspecified atom stereocenters. The van der Waals surface area contributed by atoms with Crippen molar-refractivity contribution in [3.8, 4) is 0 Å². The molecule has 2 aromatic carbocycles. The van der Waals surface area contributed by atoms with Crippen molar-refractivity contribution in [2.24, 2.45) is 0 Å². The number of ether oxygens (including phenoxy) is 1. The summed E-state index contributed by atoms with van der Waals surface area (Å²) in [5.41, 5.74) is 3.14. The molecule has 2 N–H and O–H groups in total. The molecule has 43 heavy (non-hydrogen) atoms. The number of methoxy groups -OCH3 is 1. The van der Waals surface area contributed by atoms with Crippen LogP contribution in [0, 0.1) is 6.92 Å². The second-order valence-corrected chi connectivity index (χ2v) is 10.7. The lowest BCUT2D eigenvalue weighted by Crippen LogP contribution is -2.44. The first-order valence-corrected chi connectivity index (χ1v) is 13.8. The van der Waals surface area contributed by atoms with E-state index in [4.69, 9.17) is 4.74 Å². The van der Waals surface area contributed by atoms with E-state index in [9.17, 15) is 22.8 Å². The van der Waals surface area contributed by atoms with Crippen LogP contribution in [0.15, 0.2) is 54.7 Å². The molecular formula is C32H32F3N5O3. The molecule has 1 fully saturated rings. The van der Waals surface area contributed by atoms with Crippen molar-refractivity contribution in [1.29, 1.82) is 0 Å². The molecule has 2 aromatic heterocycles. The normalized spacial score (nSPS) is 14.8. The standard InChI is InChI=1S/C32H32F3N5O3/c1-20-4-9-26(15-22(20)6-5-21-14-25-17-28(31(42)43-3)38-29(25)36-18-21)37-30(41)23-7-8-24(27(16-23)32(33,34)35)19-40-12-10-39(2)11-13-40/h4-9,14-18H,10-13,19H2,1-3H3,(H,36,38)(H,37,41)/b6-5+. The second kappa shape index (κ2) is 12.4. The van der Waals surface area contributed by atoms with E-state index in [2.05, 4.69) is 20.2 Å². The molecule has 0 spiro atoms. The van der Waals surface area contributed by atoms with Crippen LogP contribution in [0.1, 0.15) is 48.7 Å². The van der Waals surface area contributed by atoms with Crippen LogP contribution in [-0.2, 0) is 17.5 Å². The Hall–Kier alpha value is -4.48. The quantitative estimate of drug-likeness (QED) is 0.262. The first-order valence-electron chi connectivity index (χ1n) is 13.8. The van der Waals surface area contributed by atoms with Crippen LogP contribution in [0.25, 0.3) is 23.2 Å². The number of rotatable bonds is 7. The number of aromatic amines is 1. The van der Waals surface area contributed by atoms with Crippen molar-refractivity contribution in [2.45, 2.75) is 19.6 Å². The van der Waals surface area contributed by atoms with E-state index in [1.54, 1.807) is 24.4 Å². The Balaban J connectivity index is 1.32. The maximum Gasteiger partial charge on any atom is 0.416 e. The van der Waals surface area contributed by atoms with Gasteiger partial charge in [0, 0.05) is 55.6 Å². The van der Waals surface area contributed by atoms with E-state index < -0.39 is 23.6 Å². The molecule has 1 aliphatic rings. The molecule has 8 nitrogen and oxygen atoms in total. The van der Waals surface area contributed by atoms with Gasteiger partial charge in [-0.3, -0.25) is 9.69 Å². The molecule has 1 amide bonds.